The van der Waals surface area contributed by atoms with Crippen LogP contribution < -0.4 is 10.6 Å². The van der Waals surface area contributed by atoms with Crippen molar-refractivity contribution in [3.63, 3.8) is 0 Å². The molecule has 1 aliphatic carbocycles. The van der Waals surface area contributed by atoms with Gasteiger partial charge in [-0.25, -0.2) is 0 Å². The van der Waals surface area contributed by atoms with E-state index >= 15 is 0 Å². The summed E-state index contributed by atoms with van der Waals surface area (Å²) >= 11 is 1.38. The van der Waals surface area contributed by atoms with Crippen LogP contribution in [0.25, 0.3) is 0 Å². The summed E-state index contributed by atoms with van der Waals surface area (Å²) in [4.78, 5) is 25.8. The van der Waals surface area contributed by atoms with E-state index in [2.05, 4.69) is 34.9 Å². The van der Waals surface area contributed by atoms with Crippen LogP contribution in [0, 0.1) is 0 Å². The molecule has 2 aromatic rings. The van der Waals surface area contributed by atoms with Gasteiger partial charge in [0.2, 0.25) is 5.91 Å². The fraction of sp³-hybridized carbons (Fsp3) is 0.417. The zero-order valence-corrected chi connectivity index (χ0v) is 18.3. The fourth-order valence-corrected chi connectivity index (χ4v) is 4.90. The molecule has 2 aromatic carbocycles. The lowest BCUT2D eigenvalue weighted by Gasteiger charge is -2.30. The lowest BCUT2D eigenvalue weighted by Crippen LogP contribution is -2.39. The second-order valence-electron chi connectivity index (χ2n) is 7.66. The monoisotopic (exact) mass is 426 g/mol. The smallest absolute Gasteiger partial charge is 0.252 e. The summed E-state index contributed by atoms with van der Waals surface area (Å²) < 4.78 is 4.94. The Kier molecular flexibility index (Phi) is 8.34. The van der Waals surface area contributed by atoms with Crippen LogP contribution in [0.2, 0.25) is 0 Å². The van der Waals surface area contributed by atoms with Gasteiger partial charge in [0.05, 0.1) is 17.9 Å². The molecule has 0 atom stereocenters. The van der Waals surface area contributed by atoms with Crippen molar-refractivity contribution >= 4 is 23.6 Å². The predicted molar refractivity (Wildman–Crippen MR) is 121 cm³/mol. The first-order valence-corrected chi connectivity index (χ1v) is 11.4. The second kappa shape index (κ2) is 11.2. The number of carbonyl (C=O) groups excluding carboxylic acids is 2. The third kappa shape index (κ3) is 5.86. The molecule has 1 fully saturated rings. The highest BCUT2D eigenvalue weighted by Gasteiger charge is 2.35. The topological polar surface area (TPSA) is 67.4 Å². The summed E-state index contributed by atoms with van der Waals surface area (Å²) in [5.74, 6) is 0.114. The van der Waals surface area contributed by atoms with Crippen LogP contribution in [0.15, 0.2) is 59.5 Å². The van der Waals surface area contributed by atoms with Crippen molar-refractivity contribution in [2.75, 3.05) is 32.6 Å². The van der Waals surface area contributed by atoms with E-state index in [-0.39, 0.29) is 23.0 Å². The van der Waals surface area contributed by atoms with Crippen LogP contribution in [0.4, 0.5) is 0 Å². The van der Waals surface area contributed by atoms with Crippen LogP contribution in [0.3, 0.4) is 0 Å². The highest BCUT2D eigenvalue weighted by atomic mass is 32.2. The summed E-state index contributed by atoms with van der Waals surface area (Å²) in [6.45, 7) is 1.60. The minimum atomic E-state index is -0.0832. The maximum atomic E-state index is 13.0. The number of nitrogens with one attached hydrogen (secondary N) is 2. The zero-order valence-electron chi connectivity index (χ0n) is 17.5. The molecule has 5 nitrogen and oxygen atoms in total. The number of rotatable bonds is 10. The van der Waals surface area contributed by atoms with Crippen molar-refractivity contribution in [2.45, 2.75) is 36.0 Å². The van der Waals surface area contributed by atoms with Gasteiger partial charge in [-0.1, -0.05) is 55.3 Å². The molecule has 0 bridgehead atoms. The third-order valence-corrected chi connectivity index (χ3v) is 6.73. The Balaban J connectivity index is 1.62. The Morgan fingerprint density at radius 3 is 2.43 bits per heavy atom. The molecule has 0 aromatic heterocycles. The maximum absolute atomic E-state index is 13.0. The van der Waals surface area contributed by atoms with Gasteiger partial charge in [0.25, 0.3) is 5.91 Å². The first-order chi connectivity index (χ1) is 14.6. The normalized spacial score (nSPS) is 15.0. The number of thioether (sulfide) groups is 1. The molecule has 6 heteroatoms. The Hall–Kier alpha value is -2.31. The summed E-state index contributed by atoms with van der Waals surface area (Å²) in [5.41, 5.74) is 1.94. The SMILES string of the molecule is COCCNC(=O)CSc1ccccc1C(=O)NCC1(c2ccccc2)CCCC1. The van der Waals surface area contributed by atoms with Crippen LogP contribution in [0.5, 0.6) is 0 Å². The molecule has 160 valence electrons. The van der Waals surface area contributed by atoms with E-state index in [1.807, 2.05) is 30.3 Å². The minimum Gasteiger partial charge on any atom is -0.383 e. The van der Waals surface area contributed by atoms with Gasteiger partial charge in [-0.3, -0.25) is 9.59 Å². The lowest BCUT2D eigenvalue weighted by atomic mass is 9.79. The molecule has 2 amide bonds. The number of hydrogen-bond acceptors (Lipinski definition) is 4. The first-order valence-electron chi connectivity index (χ1n) is 10.5. The largest absolute Gasteiger partial charge is 0.383 e. The highest BCUT2D eigenvalue weighted by Crippen LogP contribution is 2.40. The molecule has 0 aliphatic heterocycles. The lowest BCUT2D eigenvalue weighted by molar-refractivity contribution is -0.118. The summed E-state index contributed by atoms with van der Waals surface area (Å²) in [6.07, 6.45) is 4.56. The van der Waals surface area contributed by atoms with E-state index in [1.165, 1.54) is 30.2 Å². The zero-order chi connectivity index (χ0) is 21.2. The average Bonchev–Trinajstić information content (AvgIpc) is 3.27. The Morgan fingerprint density at radius 1 is 1.00 bits per heavy atom. The molecular weight excluding hydrogens is 396 g/mol. The van der Waals surface area contributed by atoms with Crippen molar-refractivity contribution in [1.29, 1.82) is 0 Å². The maximum Gasteiger partial charge on any atom is 0.252 e. The fourth-order valence-electron chi connectivity index (χ4n) is 4.02. The number of hydrogen-bond donors (Lipinski definition) is 2. The van der Waals surface area contributed by atoms with E-state index in [0.717, 1.165) is 17.7 Å². The van der Waals surface area contributed by atoms with E-state index in [9.17, 15) is 9.59 Å². The Labute approximate surface area is 183 Å². The van der Waals surface area contributed by atoms with Gasteiger partial charge in [-0.05, 0) is 30.5 Å². The molecule has 0 unspecified atom stereocenters. The van der Waals surface area contributed by atoms with Crippen molar-refractivity contribution in [2.24, 2.45) is 0 Å². The molecule has 0 spiro atoms. The Morgan fingerprint density at radius 2 is 1.70 bits per heavy atom. The molecular formula is C24H30N2O3S. The van der Waals surface area contributed by atoms with Gasteiger partial charge < -0.3 is 15.4 Å². The number of methoxy groups -OCH3 is 1. The molecule has 1 aliphatic rings. The van der Waals surface area contributed by atoms with Crippen molar-refractivity contribution in [1.82, 2.24) is 10.6 Å². The van der Waals surface area contributed by atoms with E-state index in [1.54, 1.807) is 7.11 Å². The minimum absolute atomic E-state index is 0.0141. The van der Waals surface area contributed by atoms with Crippen LogP contribution in [0.1, 0.15) is 41.6 Å². The summed E-state index contributed by atoms with van der Waals surface area (Å²) in [6, 6.07) is 18.0. The molecule has 0 saturated heterocycles. The quantitative estimate of drug-likeness (QED) is 0.448. The molecule has 0 heterocycles. The molecule has 0 radical (unpaired) electrons. The second-order valence-corrected chi connectivity index (χ2v) is 8.68. The van der Waals surface area contributed by atoms with Crippen molar-refractivity contribution < 1.29 is 14.3 Å². The van der Waals surface area contributed by atoms with Crippen molar-refractivity contribution in [3.05, 3.63) is 65.7 Å². The van der Waals surface area contributed by atoms with Gasteiger partial charge in [-0.2, -0.15) is 0 Å². The van der Waals surface area contributed by atoms with Gasteiger partial charge in [-0.15, -0.1) is 11.8 Å². The van der Waals surface area contributed by atoms with Gasteiger partial charge >= 0.3 is 0 Å². The summed E-state index contributed by atoms with van der Waals surface area (Å²) in [7, 11) is 1.60. The number of ether oxygens (including phenoxy) is 1. The van der Waals surface area contributed by atoms with Gasteiger partial charge in [0.15, 0.2) is 0 Å². The first kappa shape index (κ1) is 22.4. The molecule has 2 N–H and O–H groups in total. The molecule has 30 heavy (non-hydrogen) atoms. The van der Waals surface area contributed by atoms with Crippen molar-refractivity contribution in [3.8, 4) is 0 Å². The molecule has 1 saturated carbocycles. The Bertz CT molecular complexity index is 835. The van der Waals surface area contributed by atoms with E-state index < -0.39 is 0 Å². The van der Waals surface area contributed by atoms with Gasteiger partial charge in [0.1, 0.15) is 0 Å². The molecule has 3 rings (SSSR count). The van der Waals surface area contributed by atoms with E-state index in [0.29, 0.717) is 25.3 Å². The van der Waals surface area contributed by atoms with Crippen LogP contribution in [-0.4, -0.2) is 44.4 Å². The highest BCUT2D eigenvalue weighted by molar-refractivity contribution is 8.00. The average molecular weight is 427 g/mol. The van der Waals surface area contributed by atoms with Crippen LogP contribution >= 0.6 is 11.8 Å². The third-order valence-electron chi connectivity index (χ3n) is 5.65. The predicted octanol–water partition coefficient (Wildman–Crippen LogP) is 3.78. The number of benzene rings is 2. The number of carbonyl (C=O) groups is 2. The number of amides is 2. The van der Waals surface area contributed by atoms with Gasteiger partial charge in [0, 0.05) is 30.5 Å². The van der Waals surface area contributed by atoms with E-state index in [4.69, 9.17) is 4.74 Å². The van der Waals surface area contributed by atoms with Crippen LogP contribution in [-0.2, 0) is 14.9 Å². The standard InChI is InChI=1S/C24H30N2O3S/c1-29-16-15-25-22(27)17-30-21-12-6-5-11-20(21)23(28)26-18-24(13-7-8-14-24)19-9-3-2-4-10-19/h2-6,9-12H,7-8,13-18H2,1H3,(H,25,27)(H,26,28). The summed E-state index contributed by atoms with van der Waals surface area (Å²) in [5, 5.41) is 5.98.